The van der Waals surface area contributed by atoms with Crippen molar-refractivity contribution in [2.75, 3.05) is 32.8 Å². The second-order valence-electron chi connectivity index (χ2n) is 6.65. The van der Waals surface area contributed by atoms with Gasteiger partial charge in [-0.2, -0.15) is 5.26 Å². The quantitative estimate of drug-likeness (QED) is 0.400. The summed E-state index contributed by atoms with van der Waals surface area (Å²) < 4.78 is 21.7. The number of nitrogens with zero attached hydrogens (tertiary/aromatic N) is 1. The van der Waals surface area contributed by atoms with Crippen LogP contribution in [-0.2, 0) is 4.79 Å². The highest BCUT2D eigenvalue weighted by molar-refractivity contribution is 5.97. The van der Waals surface area contributed by atoms with E-state index in [4.69, 9.17) is 18.9 Å². The van der Waals surface area contributed by atoms with Crippen molar-refractivity contribution in [1.82, 2.24) is 5.32 Å². The van der Waals surface area contributed by atoms with E-state index in [9.17, 15) is 10.1 Å². The summed E-state index contributed by atoms with van der Waals surface area (Å²) in [6, 6.07) is 12.3. The summed E-state index contributed by atoms with van der Waals surface area (Å²) >= 11 is 0. The van der Waals surface area contributed by atoms with E-state index < -0.39 is 5.91 Å². The van der Waals surface area contributed by atoms with E-state index in [2.05, 4.69) is 10.6 Å². The van der Waals surface area contributed by atoms with E-state index in [1.807, 2.05) is 32.9 Å². The number of methoxy groups -OCH3 is 2. The Morgan fingerprint density at radius 1 is 1.00 bits per heavy atom. The monoisotopic (exact) mass is 439 g/mol. The first-order chi connectivity index (χ1) is 15.5. The predicted molar refractivity (Wildman–Crippen MR) is 122 cm³/mol. The average molecular weight is 440 g/mol. The first-order valence-corrected chi connectivity index (χ1v) is 10.3. The van der Waals surface area contributed by atoms with Crippen LogP contribution in [0.25, 0.3) is 0 Å². The topological polar surface area (TPSA) is 102 Å². The summed E-state index contributed by atoms with van der Waals surface area (Å²) in [6.07, 6.45) is 1.36. The van der Waals surface area contributed by atoms with E-state index in [-0.39, 0.29) is 11.6 Å². The number of nitrogens with one attached hydrogen (secondary N) is 2. The molecular weight excluding hydrogens is 410 g/mol. The first-order valence-electron chi connectivity index (χ1n) is 10.3. The lowest BCUT2D eigenvalue weighted by Crippen LogP contribution is -2.28. The molecule has 0 aliphatic rings. The predicted octanol–water partition coefficient (Wildman–Crippen LogP) is 4.20. The maximum Gasteiger partial charge on any atom is 0.263 e. The number of carbonyl (C=O) groups excluding carboxylic acids is 1. The highest BCUT2D eigenvalue weighted by Gasteiger charge is 2.16. The normalized spacial score (nSPS) is 11.7. The van der Waals surface area contributed by atoms with Crippen molar-refractivity contribution >= 4 is 11.6 Å². The van der Waals surface area contributed by atoms with Gasteiger partial charge in [0.15, 0.2) is 23.0 Å². The molecule has 0 saturated heterocycles. The van der Waals surface area contributed by atoms with Crippen molar-refractivity contribution in [2.45, 2.75) is 26.8 Å². The number of hydrogen-bond donors (Lipinski definition) is 2. The molecule has 0 spiro atoms. The molecule has 0 aliphatic carbocycles. The van der Waals surface area contributed by atoms with Gasteiger partial charge in [-0.1, -0.05) is 6.07 Å². The van der Waals surface area contributed by atoms with Crippen LogP contribution in [0.1, 0.15) is 32.4 Å². The van der Waals surface area contributed by atoms with Crippen molar-refractivity contribution in [3.05, 3.63) is 53.7 Å². The Labute approximate surface area is 188 Å². The van der Waals surface area contributed by atoms with Gasteiger partial charge in [-0.15, -0.1) is 0 Å². The molecule has 1 amide bonds. The zero-order valence-electron chi connectivity index (χ0n) is 19.0. The number of nitriles is 1. The summed E-state index contributed by atoms with van der Waals surface area (Å²) in [5.74, 6) is 1.87. The van der Waals surface area contributed by atoms with Gasteiger partial charge in [0.25, 0.3) is 5.91 Å². The molecule has 0 heterocycles. The summed E-state index contributed by atoms with van der Waals surface area (Å²) in [5.41, 5.74) is 1.41. The van der Waals surface area contributed by atoms with E-state index in [1.54, 1.807) is 44.6 Å². The molecule has 0 radical (unpaired) electrons. The summed E-state index contributed by atoms with van der Waals surface area (Å²) in [5, 5.41) is 15.3. The Bertz CT molecular complexity index is 998. The molecule has 1 atom stereocenters. The Morgan fingerprint density at radius 2 is 1.66 bits per heavy atom. The minimum absolute atomic E-state index is 0.0656. The van der Waals surface area contributed by atoms with Crippen LogP contribution in [0.3, 0.4) is 0 Å². The van der Waals surface area contributed by atoms with Crippen LogP contribution in [0, 0.1) is 11.3 Å². The maximum absolute atomic E-state index is 12.6. The Hall–Kier alpha value is -3.86. The lowest BCUT2D eigenvalue weighted by atomic mass is 10.1. The first kappa shape index (κ1) is 24.4. The van der Waals surface area contributed by atoms with Gasteiger partial charge in [-0.3, -0.25) is 4.79 Å². The summed E-state index contributed by atoms with van der Waals surface area (Å²) in [7, 11) is 3.10. The second-order valence-corrected chi connectivity index (χ2v) is 6.65. The van der Waals surface area contributed by atoms with Crippen LogP contribution in [0.4, 0.5) is 5.69 Å². The molecule has 0 aliphatic heterocycles. The lowest BCUT2D eigenvalue weighted by molar-refractivity contribution is -0.117. The fraction of sp³-hybridized carbons (Fsp3) is 0.333. The van der Waals surface area contributed by atoms with Gasteiger partial charge in [0.05, 0.1) is 33.5 Å². The third-order valence-corrected chi connectivity index (χ3v) is 4.55. The smallest absolute Gasteiger partial charge is 0.263 e. The highest BCUT2D eigenvalue weighted by Crippen LogP contribution is 2.31. The Kier molecular flexibility index (Phi) is 9.23. The van der Waals surface area contributed by atoms with Crippen LogP contribution in [0.2, 0.25) is 0 Å². The number of ether oxygens (including phenoxy) is 4. The number of anilines is 1. The van der Waals surface area contributed by atoms with Crippen molar-refractivity contribution in [3.8, 4) is 29.1 Å². The lowest BCUT2D eigenvalue weighted by Gasteiger charge is -2.16. The molecule has 0 aromatic heterocycles. The summed E-state index contributed by atoms with van der Waals surface area (Å²) in [4.78, 5) is 12.6. The zero-order chi connectivity index (χ0) is 23.5. The van der Waals surface area contributed by atoms with E-state index in [0.29, 0.717) is 41.9 Å². The molecule has 32 heavy (non-hydrogen) atoms. The minimum Gasteiger partial charge on any atom is -0.493 e. The molecule has 0 fully saturated rings. The van der Waals surface area contributed by atoms with Gasteiger partial charge in [0, 0.05) is 18.0 Å². The Morgan fingerprint density at radius 3 is 2.28 bits per heavy atom. The number of rotatable bonds is 11. The number of benzene rings is 2. The van der Waals surface area contributed by atoms with Crippen molar-refractivity contribution < 1.29 is 23.7 Å². The molecule has 0 bridgehead atoms. The Balaban J connectivity index is 2.12. The third kappa shape index (κ3) is 6.32. The van der Waals surface area contributed by atoms with Gasteiger partial charge in [-0.05, 0) is 50.6 Å². The minimum atomic E-state index is -0.502. The molecule has 8 nitrogen and oxygen atoms in total. The highest BCUT2D eigenvalue weighted by atomic mass is 16.5. The van der Waals surface area contributed by atoms with Gasteiger partial charge >= 0.3 is 0 Å². The third-order valence-electron chi connectivity index (χ3n) is 4.55. The molecule has 2 aromatic carbocycles. The number of amides is 1. The average Bonchev–Trinajstić information content (AvgIpc) is 2.80. The van der Waals surface area contributed by atoms with Gasteiger partial charge in [0.2, 0.25) is 0 Å². The van der Waals surface area contributed by atoms with Crippen molar-refractivity contribution in [2.24, 2.45) is 0 Å². The van der Waals surface area contributed by atoms with Crippen molar-refractivity contribution in [3.63, 3.8) is 0 Å². The van der Waals surface area contributed by atoms with Crippen LogP contribution >= 0.6 is 0 Å². The van der Waals surface area contributed by atoms with Gasteiger partial charge in [-0.25, -0.2) is 0 Å². The number of hydrogen-bond acceptors (Lipinski definition) is 7. The van der Waals surface area contributed by atoms with Crippen molar-refractivity contribution in [1.29, 1.82) is 5.26 Å². The van der Waals surface area contributed by atoms with E-state index in [1.165, 1.54) is 6.20 Å². The number of carbonyl (C=O) groups is 1. The molecule has 2 N–H and O–H groups in total. The molecule has 0 saturated carbocycles. The van der Waals surface area contributed by atoms with Gasteiger partial charge < -0.3 is 29.6 Å². The second kappa shape index (κ2) is 12.1. The standard InChI is InChI=1S/C24H29N3O5/c1-6-31-21-11-9-19(13-23(21)32-7-2)26-15-18(14-25)24(28)27-16(3)17-8-10-20(29-4)22(12-17)30-5/h8-13,15-16,26H,6-7H2,1-5H3,(H,27,28)/b18-15-. The van der Waals surface area contributed by atoms with Crippen LogP contribution in [0.5, 0.6) is 23.0 Å². The van der Waals surface area contributed by atoms with Crippen LogP contribution in [0.15, 0.2) is 48.2 Å². The largest absolute Gasteiger partial charge is 0.493 e. The van der Waals surface area contributed by atoms with Crippen LogP contribution < -0.4 is 29.6 Å². The zero-order valence-corrected chi connectivity index (χ0v) is 19.0. The summed E-state index contributed by atoms with van der Waals surface area (Å²) in [6.45, 7) is 6.60. The van der Waals surface area contributed by atoms with Crippen LogP contribution in [-0.4, -0.2) is 33.3 Å². The molecule has 170 valence electrons. The SMILES string of the molecule is CCOc1ccc(N/C=C(/C#N)C(=O)NC(C)c2ccc(OC)c(OC)c2)cc1OCC. The maximum atomic E-state index is 12.6. The molecule has 2 aromatic rings. The fourth-order valence-electron chi connectivity index (χ4n) is 2.92. The van der Waals surface area contributed by atoms with Gasteiger partial charge in [0.1, 0.15) is 11.6 Å². The van der Waals surface area contributed by atoms with E-state index >= 15 is 0 Å². The fourth-order valence-corrected chi connectivity index (χ4v) is 2.92. The molecule has 8 heteroatoms. The molecular formula is C24H29N3O5. The van der Waals surface area contributed by atoms with E-state index in [0.717, 1.165) is 5.56 Å². The molecule has 1 unspecified atom stereocenters. The molecule has 2 rings (SSSR count).